The summed E-state index contributed by atoms with van der Waals surface area (Å²) in [6.45, 7) is 8.17. The molecule has 0 radical (unpaired) electrons. The van der Waals surface area contributed by atoms with Crippen molar-refractivity contribution in [3.63, 3.8) is 0 Å². The molecule has 0 atom stereocenters. The van der Waals surface area contributed by atoms with Crippen LogP contribution < -0.4 is 10.6 Å². The summed E-state index contributed by atoms with van der Waals surface area (Å²) in [4.78, 5) is 13.7. The lowest BCUT2D eigenvalue weighted by molar-refractivity contribution is 0.885. The van der Waals surface area contributed by atoms with Crippen LogP contribution in [0.3, 0.4) is 0 Å². The van der Waals surface area contributed by atoms with Crippen LogP contribution in [-0.4, -0.2) is 15.0 Å². The van der Waals surface area contributed by atoms with E-state index in [1.807, 2.05) is 43.3 Å². The molecule has 5 heteroatoms. The maximum Gasteiger partial charge on any atom is 0.232 e. The molecule has 31 heavy (non-hydrogen) atoms. The molecule has 0 aliphatic carbocycles. The van der Waals surface area contributed by atoms with Crippen molar-refractivity contribution in [1.29, 1.82) is 0 Å². The standard InChI is InChI=1S/C26H27N5/c1-17-15-18(2)23(19(3)16-17)29-25-27-20(4)28-26(31-25)30-24(21-11-7-5-8-12-21)22-13-9-6-10-14-22/h5-16,24H,1-4H3,(H2,27,28,29,30,31). The van der Waals surface area contributed by atoms with Gasteiger partial charge in [-0.2, -0.15) is 15.0 Å². The second kappa shape index (κ2) is 8.96. The van der Waals surface area contributed by atoms with E-state index >= 15 is 0 Å². The Labute approximate surface area is 183 Å². The molecule has 4 aromatic rings. The Morgan fingerprint density at radius 3 is 1.71 bits per heavy atom. The van der Waals surface area contributed by atoms with E-state index < -0.39 is 0 Å². The van der Waals surface area contributed by atoms with Gasteiger partial charge in [0.15, 0.2) is 0 Å². The highest BCUT2D eigenvalue weighted by Crippen LogP contribution is 2.27. The van der Waals surface area contributed by atoms with Gasteiger partial charge in [0.25, 0.3) is 0 Å². The minimum Gasteiger partial charge on any atom is -0.343 e. The largest absolute Gasteiger partial charge is 0.343 e. The van der Waals surface area contributed by atoms with Crippen molar-refractivity contribution in [3.8, 4) is 0 Å². The fourth-order valence-electron chi connectivity index (χ4n) is 3.87. The molecular weight excluding hydrogens is 382 g/mol. The number of nitrogens with one attached hydrogen (secondary N) is 2. The van der Waals surface area contributed by atoms with Crippen LogP contribution in [0.2, 0.25) is 0 Å². The van der Waals surface area contributed by atoms with Crippen molar-refractivity contribution < 1.29 is 0 Å². The van der Waals surface area contributed by atoms with Gasteiger partial charge in [0.1, 0.15) is 5.82 Å². The van der Waals surface area contributed by atoms with Gasteiger partial charge < -0.3 is 10.6 Å². The van der Waals surface area contributed by atoms with E-state index in [9.17, 15) is 0 Å². The molecule has 0 bridgehead atoms. The van der Waals surface area contributed by atoms with E-state index in [4.69, 9.17) is 0 Å². The third-order valence-corrected chi connectivity index (χ3v) is 5.20. The van der Waals surface area contributed by atoms with Crippen LogP contribution in [0.25, 0.3) is 0 Å². The Kier molecular flexibility index (Phi) is 5.94. The highest BCUT2D eigenvalue weighted by Gasteiger charge is 2.16. The van der Waals surface area contributed by atoms with Crippen molar-refractivity contribution in [2.75, 3.05) is 10.6 Å². The number of aromatic nitrogens is 3. The third kappa shape index (κ3) is 4.89. The Morgan fingerprint density at radius 1 is 0.645 bits per heavy atom. The molecule has 0 spiro atoms. The summed E-state index contributed by atoms with van der Waals surface area (Å²) in [5.74, 6) is 1.72. The van der Waals surface area contributed by atoms with Crippen LogP contribution >= 0.6 is 0 Å². The third-order valence-electron chi connectivity index (χ3n) is 5.20. The topological polar surface area (TPSA) is 62.7 Å². The van der Waals surface area contributed by atoms with Crippen LogP contribution in [0.1, 0.15) is 39.7 Å². The number of nitrogens with zero attached hydrogens (tertiary/aromatic N) is 3. The van der Waals surface area contributed by atoms with Gasteiger partial charge in [-0.15, -0.1) is 0 Å². The van der Waals surface area contributed by atoms with Gasteiger partial charge >= 0.3 is 0 Å². The van der Waals surface area contributed by atoms with Gasteiger partial charge in [0, 0.05) is 5.69 Å². The van der Waals surface area contributed by atoms with Crippen LogP contribution in [0.4, 0.5) is 17.6 Å². The summed E-state index contributed by atoms with van der Waals surface area (Å²) in [6.07, 6.45) is 0. The molecule has 0 aliphatic rings. The van der Waals surface area contributed by atoms with Crippen molar-refractivity contribution in [2.24, 2.45) is 0 Å². The molecule has 156 valence electrons. The van der Waals surface area contributed by atoms with E-state index in [2.05, 4.69) is 82.8 Å². The Morgan fingerprint density at radius 2 is 1.16 bits per heavy atom. The quantitative estimate of drug-likeness (QED) is 0.406. The zero-order valence-corrected chi connectivity index (χ0v) is 18.3. The predicted octanol–water partition coefficient (Wildman–Crippen LogP) is 6.05. The monoisotopic (exact) mass is 409 g/mol. The van der Waals surface area contributed by atoms with Gasteiger partial charge in [-0.05, 0) is 49.9 Å². The Hall–Kier alpha value is -3.73. The zero-order valence-electron chi connectivity index (χ0n) is 18.3. The smallest absolute Gasteiger partial charge is 0.232 e. The number of rotatable bonds is 6. The number of hydrogen-bond donors (Lipinski definition) is 2. The highest BCUT2D eigenvalue weighted by molar-refractivity contribution is 5.64. The molecule has 0 saturated carbocycles. The van der Waals surface area contributed by atoms with Crippen LogP contribution in [0, 0.1) is 27.7 Å². The zero-order chi connectivity index (χ0) is 21.8. The average Bonchev–Trinajstić information content (AvgIpc) is 2.75. The molecule has 0 amide bonds. The molecule has 1 heterocycles. The maximum absolute atomic E-state index is 4.68. The number of hydrogen-bond acceptors (Lipinski definition) is 5. The van der Waals surface area contributed by atoms with E-state index in [-0.39, 0.29) is 6.04 Å². The first-order valence-corrected chi connectivity index (χ1v) is 10.4. The second-order valence-electron chi connectivity index (χ2n) is 7.83. The van der Waals surface area contributed by atoms with Crippen LogP contribution in [0.15, 0.2) is 72.8 Å². The lowest BCUT2D eigenvalue weighted by Gasteiger charge is -2.20. The summed E-state index contributed by atoms with van der Waals surface area (Å²) in [7, 11) is 0. The summed E-state index contributed by atoms with van der Waals surface area (Å²) in [5.41, 5.74) is 6.89. The SMILES string of the molecule is Cc1cc(C)c(Nc2nc(C)nc(NC(c3ccccc3)c3ccccc3)n2)c(C)c1. The lowest BCUT2D eigenvalue weighted by atomic mass is 9.99. The van der Waals surface area contributed by atoms with Gasteiger partial charge in [0.05, 0.1) is 6.04 Å². The van der Waals surface area contributed by atoms with E-state index in [1.165, 1.54) is 5.56 Å². The first-order valence-electron chi connectivity index (χ1n) is 10.4. The fourth-order valence-corrected chi connectivity index (χ4v) is 3.87. The summed E-state index contributed by atoms with van der Waals surface area (Å²) in [6, 6.07) is 24.9. The summed E-state index contributed by atoms with van der Waals surface area (Å²) >= 11 is 0. The summed E-state index contributed by atoms with van der Waals surface area (Å²) in [5, 5.41) is 6.91. The molecule has 0 fully saturated rings. The van der Waals surface area contributed by atoms with Crippen molar-refractivity contribution in [1.82, 2.24) is 15.0 Å². The normalized spacial score (nSPS) is 10.9. The molecule has 5 nitrogen and oxygen atoms in total. The minimum absolute atomic E-state index is 0.0695. The minimum atomic E-state index is -0.0695. The molecule has 0 aliphatic heterocycles. The Bertz CT molecular complexity index is 1110. The fraction of sp³-hybridized carbons (Fsp3) is 0.192. The highest BCUT2D eigenvalue weighted by atomic mass is 15.2. The number of anilines is 3. The van der Waals surface area contributed by atoms with Crippen LogP contribution in [-0.2, 0) is 0 Å². The molecule has 0 unspecified atom stereocenters. The maximum atomic E-state index is 4.68. The van der Waals surface area contributed by atoms with Crippen molar-refractivity contribution >= 4 is 17.6 Å². The summed E-state index contributed by atoms with van der Waals surface area (Å²) < 4.78 is 0. The molecule has 4 rings (SSSR count). The van der Waals surface area contributed by atoms with Crippen LogP contribution in [0.5, 0.6) is 0 Å². The first-order chi connectivity index (χ1) is 15.0. The first kappa shape index (κ1) is 20.5. The second-order valence-corrected chi connectivity index (χ2v) is 7.83. The van der Waals surface area contributed by atoms with Gasteiger partial charge in [-0.25, -0.2) is 0 Å². The molecule has 0 saturated heterocycles. The number of benzene rings is 3. The molecule has 1 aromatic heterocycles. The van der Waals surface area contributed by atoms with E-state index in [0.717, 1.165) is 27.9 Å². The van der Waals surface area contributed by atoms with Crippen molar-refractivity contribution in [2.45, 2.75) is 33.7 Å². The Balaban J connectivity index is 1.67. The molecule has 2 N–H and O–H groups in total. The number of aryl methyl sites for hydroxylation is 4. The van der Waals surface area contributed by atoms with Gasteiger partial charge in [-0.3, -0.25) is 0 Å². The lowest BCUT2D eigenvalue weighted by Crippen LogP contribution is -2.16. The van der Waals surface area contributed by atoms with Gasteiger partial charge in [-0.1, -0.05) is 78.4 Å². The predicted molar refractivity (Wildman–Crippen MR) is 127 cm³/mol. The van der Waals surface area contributed by atoms with Gasteiger partial charge in [0.2, 0.25) is 11.9 Å². The molecular formula is C26H27N5. The molecule has 3 aromatic carbocycles. The van der Waals surface area contributed by atoms with Crippen molar-refractivity contribution in [3.05, 3.63) is 106 Å². The van der Waals surface area contributed by atoms with E-state index in [0.29, 0.717) is 17.7 Å². The van der Waals surface area contributed by atoms with E-state index in [1.54, 1.807) is 0 Å². The average molecular weight is 410 g/mol.